The minimum Gasteiger partial charge on any atom is -0.477 e. The van der Waals surface area contributed by atoms with E-state index in [4.69, 9.17) is 16.7 Å². The molecule has 1 aromatic carbocycles. The van der Waals surface area contributed by atoms with Crippen molar-refractivity contribution in [1.29, 1.82) is 0 Å². The van der Waals surface area contributed by atoms with Crippen molar-refractivity contribution in [3.05, 3.63) is 50.4 Å². The first-order chi connectivity index (χ1) is 8.90. The molecule has 0 bridgehead atoms. The summed E-state index contributed by atoms with van der Waals surface area (Å²) in [6.45, 7) is 3.34. The van der Waals surface area contributed by atoms with Gasteiger partial charge < -0.3 is 10.1 Å². The summed E-state index contributed by atoms with van der Waals surface area (Å²) in [5, 5.41) is 9.44. The van der Waals surface area contributed by atoms with Crippen molar-refractivity contribution in [2.75, 3.05) is 0 Å². The fourth-order valence-electron chi connectivity index (χ4n) is 1.81. The molecule has 0 radical (unpaired) electrons. The lowest BCUT2D eigenvalue weighted by Crippen LogP contribution is -2.21. The lowest BCUT2D eigenvalue weighted by Gasteiger charge is -2.07. The zero-order chi connectivity index (χ0) is 14.2. The standard InChI is InChI=1S/C13H11ClN2O3/c1-6-3-4-8(14)5-9(6)11-15-7(2)10(13(18)19)12(17)16-11/h3-5H,1-2H3,(H,18,19)(H,15,16,17). The molecule has 0 aliphatic heterocycles. The van der Waals surface area contributed by atoms with E-state index in [9.17, 15) is 9.59 Å². The van der Waals surface area contributed by atoms with Gasteiger partial charge in [0.1, 0.15) is 11.4 Å². The molecule has 98 valence electrons. The number of aryl methyl sites for hydroxylation is 2. The highest BCUT2D eigenvalue weighted by molar-refractivity contribution is 6.30. The van der Waals surface area contributed by atoms with Gasteiger partial charge in [0.2, 0.25) is 0 Å². The van der Waals surface area contributed by atoms with Crippen LogP contribution in [-0.2, 0) is 0 Å². The lowest BCUT2D eigenvalue weighted by molar-refractivity contribution is 0.0693. The summed E-state index contributed by atoms with van der Waals surface area (Å²) in [5.74, 6) is -0.979. The monoisotopic (exact) mass is 278 g/mol. The largest absolute Gasteiger partial charge is 0.477 e. The Bertz CT molecular complexity index is 722. The summed E-state index contributed by atoms with van der Waals surface area (Å²) in [5.41, 5.74) is 0.711. The Morgan fingerprint density at radius 2 is 2.05 bits per heavy atom. The van der Waals surface area contributed by atoms with Gasteiger partial charge in [-0.05, 0) is 31.5 Å². The van der Waals surface area contributed by atoms with Gasteiger partial charge >= 0.3 is 5.97 Å². The summed E-state index contributed by atoms with van der Waals surface area (Å²) >= 11 is 5.91. The van der Waals surface area contributed by atoms with E-state index in [1.165, 1.54) is 6.92 Å². The summed E-state index contributed by atoms with van der Waals surface area (Å²) in [7, 11) is 0. The molecule has 1 heterocycles. The van der Waals surface area contributed by atoms with E-state index in [0.29, 0.717) is 16.4 Å². The number of halogens is 1. The number of carboxylic acids is 1. The molecule has 2 rings (SSSR count). The normalized spacial score (nSPS) is 10.5. The first kappa shape index (κ1) is 13.3. The molecule has 1 aromatic heterocycles. The highest BCUT2D eigenvalue weighted by Gasteiger charge is 2.16. The van der Waals surface area contributed by atoms with Gasteiger partial charge in [0.25, 0.3) is 5.56 Å². The Hall–Kier alpha value is -2.14. The number of carboxylic acid groups (broad SMARTS) is 1. The summed E-state index contributed by atoms with van der Waals surface area (Å²) < 4.78 is 0. The van der Waals surface area contributed by atoms with Crippen LogP contribution in [0.2, 0.25) is 5.02 Å². The van der Waals surface area contributed by atoms with Crippen LogP contribution >= 0.6 is 11.6 Å². The number of nitrogens with zero attached hydrogens (tertiary/aromatic N) is 1. The zero-order valence-electron chi connectivity index (χ0n) is 10.3. The van der Waals surface area contributed by atoms with Crippen LogP contribution in [0.25, 0.3) is 11.4 Å². The minimum absolute atomic E-state index is 0.172. The van der Waals surface area contributed by atoms with Gasteiger partial charge in [-0.1, -0.05) is 17.7 Å². The fourth-order valence-corrected chi connectivity index (χ4v) is 1.99. The molecule has 5 nitrogen and oxygen atoms in total. The van der Waals surface area contributed by atoms with Gasteiger partial charge in [0.15, 0.2) is 0 Å². The van der Waals surface area contributed by atoms with Gasteiger partial charge in [0.05, 0.1) is 5.69 Å². The van der Waals surface area contributed by atoms with Crippen LogP contribution in [0.1, 0.15) is 21.6 Å². The molecular formula is C13H11ClN2O3. The van der Waals surface area contributed by atoms with Crippen LogP contribution in [-0.4, -0.2) is 21.0 Å². The molecule has 19 heavy (non-hydrogen) atoms. The van der Waals surface area contributed by atoms with E-state index in [0.717, 1.165) is 5.56 Å². The Morgan fingerprint density at radius 1 is 1.37 bits per heavy atom. The second-order valence-corrected chi connectivity index (χ2v) is 4.58. The van der Waals surface area contributed by atoms with Crippen LogP contribution in [0, 0.1) is 13.8 Å². The van der Waals surface area contributed by atoms with Crippen molar-refractivity contribution in [1.82, 2.24) is 9.97 Å². The molecule has 0 unspecified atom stereocenters. The molecule has 0 saturated carbocycles. The maximum atomic E-state index is 11.8. The van der Waals surface area contributed by atoms with E-state index in [1.54, 1.807) is 18.2 Å². The van der Waals surface area contributed by atoms with Gasteiger partial charge in [-0.15, -0.1) is 0 Å². The van der Waals surface area contributed by atoms with Gasteiger partial charge in [-0.3, -0.25) is 4.79 Å². The molecule has 0 spiro atoms. The highest BCUT2D eigenvalue weighted by Crippen LogP contribution is 2.23. The molecule has 2 aromatic rings. The molecule has 0 atom stereocenters. The van der Waals surface area contributed by atoms with E-state index in [1.807, 2.05) is 6.92 Å². The second kappa shape index (κ2) is 4.85. The predicted molar refractivity (Wildman–Crippen MR) is 71.7 cm³/mol. The second-order valence-electron chi connectivity index (χ2n) is 4.14. The van der Waals surface area contributed by atoms with Crippen molar-refractivity contribution >= 4 is 17.6 Å². The highest BCUT2D eigenvalue weighted by atomic mass is 35.5. The fraction of sp³-hybridized carbons (Fsp3) is 0.154. The van der Waals surface area contributed by atoms with Crippen molar-refractivity contribution in [2.24, 2.45) is 0 Å². The third kappa shape index (κ3) is 2.51. The molecule has 6 heteroatoms. The minimum atomic E-state index is -1.29. The van der Waals surface area contributed by atoms with E-state index < -0.39 is 11.5 Å². The van der Waals surface area contributed by atoms with Crippen LogP contribution < -0.4 is 5.56 Å². The number of hydrogen-bond donors (Lipinski definition) is 2. The number of aromatic amines is 1. The Kier molecular flexibility index (Phi) is 3.40. The molecule has 0 aliphatic carbocycles. The number of H-pyrrole nitrogens is 1. The molecular weight excluding hydrogens is 268 g/mol. The van der Waals surface area contributed by atoms with Crippen molar-refractivity contribution in [3.8, 4) is 11.4 Å². The van der Waals surface area contributed by atoms with Crippen LogP contribution in [0.3, 0.4) is 0 Å². The quantitative estimate of drug-likeness (QED) is 0.883. The molecule has 2 N–H and O–H groups in total. The average molecular weight is 279 g/mol. The SMILES string of the molecule is Cc1ccc(Cl)cc1-c1nc(C)c(C(=O)O)c(=O)[nH]1. The molecule has 0 aliphatic rings. The third-order valence-electron chi connectivity index (χ3n) is 2.77. The number of hydrogen-bond acceptors (Lipinski definition) is 3. The van der Waals surface area contributed by atoms with Crippen LogP contribution in [0.15, 0.2) is 23.0 Å². The van der Waals surface area contributed by atoms with Crippen molar-refractivity contribution < 1.29 is 9.90 Å². The maximum absolute atomic E-state index is 11.8. The molecule has 0 saturated heterocycles. The Morgan fingerprint density at radius 3 is 2.63 bits per heavy atom. The maximum Gasteiger partial charge on any atom is 0.343 e. The smallest absolute Gasteiger partial charge is 0.343 e. The Balaban J connectivity index is 2.68. The topological polar surface area (TPSA) is 83.0 Å². The first-order valence-corrected chi connectivity index (χ1v) is 5.88. The van der Waals surface area contributed by atoms with Gasteiger partial charge in [0, 0.05) is 10.6 Å². The number of rotatable bonds is 2. The summed E-state index contributed by atoms with van der Waals surface area (Å²) in [4.78, 5) is 29.3. The predicted octanol–water partition coefficient (Wildman–Crippen LogP) is 2.41. The average Bonchev–Trinajstić information content (AvgIpc) is 2.30. The number of aromatic carboxylic acids is 1. The van der Waals surface area contributed by atoms with Crippen LogP contribution in [0.5, 0.6) is 0 Å². The van der Waals surface area contributed by atoms with Crippen molar-refractivity contribution in [3.63, 3.8) is 0 Å². The number of benzene rings is 1. The zero-order valence-corrected chi connectivity index (χ0v) is 11.1. The third-order valence-corrected chi connectivity index (χ3v) is 3.00. The lowest BCUT2D eigenvalue weighted by atomic mass is 10.1. The van der Waals surface area contributed by atoms with E-state index in [-0.39, 0.29) is 11.3 Å². The van der Waals surface area contributed by atoms with E-state index >= 15 is 0 Å². The molecule has 0 fully saturated rings. The summed E-state index contributed by atoms with van der Waals surface area (Å²) in [6.07, 6.45) is 0. The number of nitrogens with one attached hydrogen (secondary N) is 1. The number of aromatic nitrogens is 2. The first-order valence-electron chi connectivity index (χ1n) is 5.51. The van der Waals surface area contributed by atoms with Gasteiger partial charge in [-0.25, -0.2) is 9.78 Å². The molecule has 0 amide bonds. The van der Waals surface area contributed by atoms with Crippen molar-refractivity contribution in [2.45, 2.75) is 13.8 Å². The van der Waals surface area contributed by atoms with E-state index in [2.05, 4.69) is 9.97 Å². The van der Waals surface area contributed by atoms with Crippen LogP contribution in [0.4, 0.5) is 0 Å². The summed E-state index contributed by atoms with van der Waals surface area (Å²) in [6, 6.07) is 5.21. The number of carbonyl (C=O) groups is 1. The van der Waals surface area contributed by atoms with Gasteiger partial charge in [-0.2, -0.15) is 0 Å². The Labute approximate surface area is 113 Å².